The minimum Gasteiger partial charge on any atom is -0.395 e. The van der Waals surface area contributed by atoms with E-state index in [2.05, 4.69) is 4.90 Å². The number of aliphatic hydroxyl groups excluding tert-OH is 1. The third-order valence-corrected chi connectivity index (χ3v) is 4.46. The third kappa shape index (κ3) is 4.69. The first-order chi connectivity index (χ1) is 12.3. The molecule has 3 rings (SSSR count). The van der Waals surface area contributed by atoms with E-state index in [1.807, 2.05) is 53.4 Å². The first-order valence-corrected chi connectivity index (χ1v) is 8.71. The number of ether oxygens (including phenoxy) is 1. The van der Waals surface area contributed by atoms with Crippen LogP contribution in [-0.4, -0.2) is 77.9 Å². The molecule has 1 aliphatic rings. The van der Waals surface area contributed by atoms with Crippen molar-refractivity contribution in [2.45, 2.75) is 0 Å². The Kier molecular flexibility index (Phi) is 6.22. The smallest absolute Gasteiger partial charge is 0.253 e. The molecule has 1 N–H and O–H groups in total. The third-order valence-electron chi connectivity index (χ3n) is 4.46. The fourth-order valence-electron chi connectivity index (χ4n) is 2.99. The zero-order valence-corrected chi connectivity index (χ0v) is 14.4. The summed E-state index contributed by atoms with van der Waals surface area (Å²) in [5.74, 6) is -0.0404. The summed E-state index contributed by atoms with van der Waals surface area (Å²) in [6.07, 6.45) is 3.94. The molecule has 0 atom stereocenters. The number of carbonyl (C=O) groups excluding carboxylic acids is 1. The second kappa shape index (κ2) is 8.80. The summed E-state index contributed by atoms with van der Waals surface area (Å²) in [6.45, 7) is 5.01. The van der Waals surface area contributed by atoms with E-state index < -0.39 is 0 Å². The zero-order valence-electron chi connectivity index (χ0n) is 14.4. The van der Waals surface area contributed by atoms with E-state index >= 15 is 0 Å². The summed E-state index contributed by atoms with van der Waals surface area (Å²) in [7, 11) is 0. The van der Waals surface area contributed by atoms with Gasteiger partial charge in [-0.25, -0.2) is 0 Å². The van der Waals surface area contributed by atoms with E-state index in [1.54, 1.807) is 4.90 Å². The lowest BCUT2D eigenvalue weighted by atomic mass is 10.1. The van der Waals surface area contributed by atoms with Crippen LogP contribution in [0.25, 0.3) is 5.69 Å². The van der Waals surface area contributed by atoms with Crippen LogP contribution in [0, 0.1) is 0 Å². The zero-order chi connectivity index (χ0) is 17.5. The van der Waals surface area contributed by atoms with Gasteiger partial charge in [0.05, 0.1) is 19.8 Å². The predicted molar refractivity (Wildman–Crippen MR) is 96.0 cm³/mol. The van der Waals surface area contributed by atoms with Crippen LogP contribution in [0.3, 0.4) is 0 Å². The molecule has 1 aromatic heterocycles. The van der Waals surface area contributed by atoms with Crippen molar-refractivity contribution in [2.75, 3.05) is 52.5 Å². The quantitative estimate of drug-likeness (QED) is 0.822. The van der Waals surface area contributed by atoms with Gasteiger partial charge in [0.15, 0.2) is 0 Å². The maximum Gasteiger partial charge on any atom is 0.253 e. The molecule has 1 amide bonds. The van der Waals surface area contributed by atoms with E-state index in [0.29, 0.717) is 18.7 Å². The van der Waals surface area contributed by atoms with Gasteiger partial charge in [-0.2, -0.15) is 0 Å². The van der Waals surface area contributed by atoms with Crippen LogP contribution in [0.15, 0.2) is 48.8 Å². The fraction of sp³-hybridized carbons (Fsp3) is 0.421. The molecule has 1 saturated heterocycles. The largest absolute Gasteiger partial charge is 0.395 e. The highest BCUT2D eigenvalue weighted by atomic mass is 16.5. The topological polar surface area (TPSA) is 57.9 Å². The highest BCUT2D eigenvalue weighted by molar-refractivity contribution is 5.94. The number of carbonyl (C=O) groups is 1. The lowest BCUT2D eigenvalue weighted by molar-refractivity contribution is 0.0315. The van der Waals surface area contributed by atoms with Crippen LogP contribution in [0.5, 0.6) is 0 Å². The molecule has 6 heteroatoms. The van der Waals surface area contributed by atoms with Gasteiger partial charge < -0.3 is 19.3 Å². The van der Waals surface area contributed by atoms with Crippen LogP contribution in [0.2, 0.25) is 0 Å². The molecule has 0 bridgehead atoms. The number of amides is 1. The predicted octanol–water partition coefficient (Wildman–Crippen LogP) is 1.24. The van der Waals surface area contributed by atoms with Crippen molar-refractivity contribution in [3.8, 4) is 5.69 Å². The molecule has 0 saturated carbocycles. The van der Waals surface area contributed by atoms with E-state index in [4.69, 9.17) is 4.74 Å². The normalized spacial score (nSPS) is 15.2. The summed E-state index contributed by atoms with van der Waals surface area (Å²) < 4.78 is 7.35. The number of aromatic nitrogens is 1. The van der Waals surface area contributed by atoms with Crippen LogP contribution in [-0.2, 0) is 4.74 Å². The Morgan fingerprint density at radius 3 is 2.40 bits per heavy atom. The second-order valence-corrected chi connectivity index (χ2v) is 6.11. The van der Waals surface area contributed by atoms with E-state index in [0.717, 1.165) is 38.5 Å². The Morgan fingerprint density at radius 2 is 1.76 bits per heavy atom. The van der Waals surface area contributed by atoms with Gasteiger partial charge in [0.2, 0.25) is 0 Å². The van der Waals surface area contributed by atoms with Crippen LogP contribution in [0.4, 0.5) is 0 Å². The summed E-state index contributed by atoms with van der Waals surface area (Å²) >= 11 is 0. The van der Waals surface area contributed by atoms with Crippen LogP contribution >= 0.6 is 0 Å². The van der Waals surface area contributed by atoms with Gasteiger partial charge >= 0.3 is 0 Å². The van der Waals surface area contributed by atoms with Crippen molar-refractivity contribution < 1.29 is 14.6 Å². The number of hydrogen-bond donors (Lipinski definition) is 1. The van der Waals surface area contributed by atoms with Gasteiger partial charge in [0, 0.05) is 56.4 Å². The molecule has 134 valence electrons. The molecule has 0 spiro atoms. The standard InChI is InChI=1S/C19H25N3O3/c23-14-11-22(10-9-20-12-15-25-16-13-20)19(24)17-3-5-18(6-4-17)21-7-1-2-8-21/h1-8,23H,9-16H2. The lowest BCUT2D eigenvalue weighted by Gasteiger charge is -2.30. The molecule has 2 aromatic rings. The van der Waals surface area contributed by atoms with Crippen molar-refractivity contribution in [1.82, 2.24) is 14.4 Å². The molecule has 1 fully saturated rings. The van der Waals surface area contributed by atoms with Crippen LogP contribution < -0.4 is 0 Å². The number of benzene rings is 1. The molecular formula is C19H25N3O3. The lowest BCUT2D eigenvalue weighted by Crippen LogP contribution is -2.43. The Labute approximate surface area is 148 Å². The van der Waals surface area contributed by atoms with Crippen molar-refractivity contribution in [3.05, 3.63) is 54.4 Å². The molecule has 2 heterocycles. The molecule has 25 heavy (non-hydrogen) atoms. The first-order valence-electron chi connectivity index (χ1n) is 8.71. The average molecular weight is 343 g/mol. The van der Waals surface area contributed by atoms with Gasteiger partial charge in [-0.3, -0.25) is 9.69 Å². The van der Waals surface area contributed by atoms with Gasteiger partial charge in [-0.05, 0) is 36.4 Å². The Morgan fingerprint density at radius 1 is 1.08 bits per heavy atom. The fourth-order valence-corrected chi connectivity index (χ4v) is 2.99. The van der Waals surface area contributed by atoms with E-state index in [-0.39, 0.29) is 12.5 Å². The SMILES string of the molecule is O=C(c1ccc(-n2cccc2)cc1)N(CCO)CCN1CCOCC1. The molecular weight excluding hydrogens is 318 g/mol. The highest BCUT2D eigenvalue weighted by Crippen LogP contribution is 2.12. The Bertz CT molecular complexity index is 649. The molecule has 0 unspecified atom stereocenters. The minimum atomic E-state index is -0.0404. The number of aliphatic hydroxyl groups is 1. The molecule has 1 aromatic carbocycles. The Hall–Kier alpha value is -2.15. The molecule has 0 radical (unpaired) electrons. The molecule has 6 nitrogen and oxygen atoms in total. The van der Waals surface area contributed by atoms with Crippen molar-refractivity contribution in [1.29, 1.82) is 0 Å². The maximum atomic E-state index is 12.8. The highest BCUT2D eigenvalue weighted by Gasteiger charge is 2.17. The molecule has 0 aliphatic carbocycles. The van der Waals surface area contributed by atoms with Gasteiger partial charge in [0.25, 0.3) is 5.91 Å². The van der Waals surface area contributed by atoms with Crippen molar-refractivity contribution in [3.63, 3.8) is 0 Å². The van der Waals surface area contributed by atoms with Gasteiger partial charge in [-0.1, -0.05) is 0 Å². The average Bonchev–Trinajstić information content (AvgIpc) is 3.20. The maximum absolute atomic E-state index is 12.8. The summed E-state index contributed by atoms with van der Waals surface area (Å²) in [5, 5.41) is 9.31. The van der Waals surface area contributed by atoms with E-state index in [9.17, 15) is 9.90 Å². The number of rotatable bonds is 7. The van der Waals surface area contributed by atoms with Crippen LogP contribution in [0.1, 0.15) is 10.4 Å². The van der Waals surface area contributed by atoms with Gasteiger partial charge in [0.1, 0.15) is 0 Å². The second-order valence-electron chi connectivity index (χ2n) is 6.11. The van der Waals surface area contributed by atoms with E-state index in [1.165, 1.54) is 0 Å². The first kappa shape index (κ1) is 17.7. The number of hydrogen-bond acceptors (Lipinski definition) is 4. The minimum absolute atomic E-state index is 0.0314. The Balaban J connectivity index is 1.62. The monoisotopic (exact) mass is 343 g/mol. The summed E-state index contributed by atoms with van der Waals surface area (Å²) in [4.78, 5) is 16.8. The molecule has 1 aliphatic heterocycles. The summed E-state index contributed by atoms with van der Waals surface area (Å²) in [6, 6.07) is 11.5. The van der Waals surface area contributed by atoms with Gasteiger partial charge in [-0.15, -0.1) is 0 Å². The summed E-state index contributed by atoms with van der Waals surface area (Å²) in [5.41, 5.74) is 1.66. The van der Waals surface area contributed by atoms with Crippen molar-refractivity contribution in [2.24, 2.45) is 0 Å². The number of nitrogens with zero attached hydrogens (tertiary/aromatic N) is 3. The van der Waals surface area contributed by atoms with Crippen molar-refractivity contribution >= 4 is 5.91 Å². The number of morpholine rings is 1.